The Balaban J connectivity index is 2.78. The molecule has 0 aliphatic carbocycles. The van der Waals surface area contributed by atoms with Crippen molar-refractivity contribution in [2.45, 2.75) is 45.8 Å². The van der Waals surface area contributed by atoms with Crippen LogP contribution < -0.4 is 10.1 Å². The number of hydrogen-bond donors (Lipinski definition) is 2. The zero-order valence-electron chi connectivity index (χ0n) is 11.9. The molecule has 0 saturated heterocycles. The van der Waals surface area contributed by atoms with Gasteiger partial charge in [0.05, 0.1) is 6.10 Å². The maximum atomic E-state index is 13.3. The molecule has 0 heterocycles. The minimum atomic E-state index is -0.518. The lowest BCUT2D eigenvalue weighted by Crippen LogP contribution is -2.21. The van der Waals surface area contributed by atoms with Crippen LogP contribution in [0.2, 0.25) is 0 Å². The van der Waals surface area contributed by atoms with Crippen LogP contribution in [0.25, 0.3) is 0 Å². The van der Waals surface area contributed by atoms with E-state index in [9.17, 15) is 9.50 Å². The van der Waals surface area contributed by atoms with Crippen LogP contribution in [-0.2, 0) is 0 Å². The number of nitrogens with one attached hydrogen (secondary N) is 1. The second-order valence-electron chi connectivity index (χ2n) is 4.73. The van der Waals surface area contributed by atoms with Crippen molar-refractivity contribution in [1.29, 1.82) is 0 Å². The lowest BCUT2D eigenvalue weighted by atomic mass is 10.1. The van der Waals surface area contributed by atoms with Crippen LogP contribution >= 0.6 is 0 Å². The maximum absolute atomic E-state index is 13.3. The Labute approximate surface area is 114 Å². The molecule has 0 fully saturated rings. The molecule has 0 aliphatic heterocycles. The first-order chi connectivity index (χ1) is 9.08. The van der Waals surface area contributed by atoms with E-state index in [1.807, 2.05) is 13.8 Å². The summed E-state index contributed by atoms with van der Waals surface area (Å²) in [5.74, 6) is 0.177. The van der Waals surface area contributed by atoms with Gasteiger partial charge in [0.25, 0.3) is 0 Å². The highest BCUT2D eigenvalue weighted by atomic mass is 19.1. The number of ether oxygens (including phenoxy) is 1. The molecule has 0 aromatic heterocycles. The van der Waals surface area contributed by atoms with Gasteiger partial charge in [-0.05, 0) is 32.4 Å². The molecule has 0 amide bonds. The van der Waals surface area contributed by atoms with Gasteiger partial charge in [-0.1, -0.05) is 19.9 Å². The minimum absolute atomic E-state index is 0.0920. The van der Waals surface area contributed by atoms with Crippen LogP contribution in [0.3, 0.4) is 0 Å². The van der Waals surface area contributed by atoms with Crippen molar-refractivity contribution in [1.82, 2.24) is 5.32 Å². The highest BCUT2D eigenvalue weighted by Gasteiger charge is 2.13. The van der Waals surface area contributed by atoms with Gasteiger partial charge in [0.1, 0.15) is 18.2 Å². The van der Waals surface area contributed by atoms with E-state index >= 15 is 0 Å². The fraction of sp³-hybridized carbons (Fsp3) is 0.600. The van der Waals surface area contributed by atoms with E-state index in [1.54, 1.807) is 6.07 Å². The summed E-state index contributed by atoms with van der Waals surface area (Å²) in [7, 11) is 0. The molecule has 0 spiro atoms. The predicted molar refractivity (Wildman–Crippen MR) is 74.9 cm³/mol. The second kappa shape index (κ2) is 8.12. The molecule has 108 valence electrons. The number of hydrogen-bond acceptors (Lipinski definition) is 3. The minimum Gasteiger partial charge on any atom is -0.490 e. The first-order valence-electron chi connectivity index (χ1n) is 6.92. The van der Waals surface area contributed by atoms with Gasteiger partial charge in [-0.2, -0.15) is 0 Å². The molecule has 2 N–H and O–H groups in total. The van der Waals surface area contributed by atoms with Gasteiger partial charge >= 0.3 is 0 Å². The van der Waals surface area contributed by atoms with Crippen molar-refractivity contribution >= 4 is 0 Å². The largest absolute Gasteiger partial charge is 0.490 e. The van der Waals surface area contributed by atoms with Gasteiger partial charge in [-0.3, -0.25) is 0 Å². The summed E-state index contributed by atoms with van der Waals surface area (Å²) in [6, 6.07) is 4.63. The molecule has 2 unspecified atom stereocenters. The SMILES string of the molecule is CCCNC(C)c1ccc(F)cc1OCC(O)CC. The quantitative estimate of drug-likeness (QED) is 0.762. The molecule has 0 radical (unpaired) electrons. The van der Waals surface area contributed by atoms with Gasteiger partial charge in [0.15, 0.2) is 0 Å². The Morgan fingerprint density at radius 3 is 2.74 bits per heavy atom. The Bertz CT molecular complexity index is 384. The lowest BCUT2D eigenvalue weighted by molar-refractivity contribution is 0.103. The lowest BCUT2D eigenvalue weighted by Gasteiger charge is -2.19. The van der Waals surface area contributed by atoms with E-state index in [4.69, 9.17) is 4.74 Å². The fourth-order valence-corrected chi connectivity index (χ4v) is 1.77. The standard InChI is InChI=1S/C15H24FNO2/c1-4-8-17-11(3)14-7-6-12(16)9-15(14)19-10-13(18)5-2/h6-7,9,11,13,17-18H,4-5,8,10H2,1-3H3. The topological polar surface area (TPSA) is 41.5 Å². The Morgan fingerprint density at radius 1 is 1.37 bits per heavy atom. The van der Waals surface area contributed by atoms with Crippen LogP contribution in [0.4, 0.5) is 4.39 Å². The summed E-state index contributed by atoms with van der Waals surface area (Å²) in [4.78, 5) is 0. The Kier molecular flexibility index (Phi) is 6.81. The summed E-state index contributed by atoms with van der Waals surface area (Å²) < 4.78 is 18.8. The molecule has 2 atom stereocenters. The molecular weight excluding hydrogens is 245 g/mol. The number of rotatable bonds is 8. The third kappa shape index (κ3) is 5.17. The zero-order chi connectivity index (χ0) is 14.3. The Hall–Kier alpha value is -1.13. The van der Waals surface area contributed by atoms with Gasteiger partial charge < -0.3 is 15.2 Å². The monoisotopic (exact) mass is 269 g/mol. The number of aliphatic hydroxyl groups excluding tert-OH is 1. The summed E-state index contributed by atoms with van der Waals surface area (Å²) in [6.07, 6.45) is 1.14. The molecule has 19 heavy (non-hydrogen) atoms. The van der Waals surface area contributed by atoms with E-state index in [0.717, 1.165) is 18.5 Å². The molecule has 1 aromatic rings. The van der Waals surface area contributed by atoms with Gasteiger partial charge in [0.2, 0.25) is 0 Å². The summed E-state index contributed by atoms with van der Waals surface area (Å²) in [5, 5.41) is 12.9. The van der Waals surface area contributed by atoms with Crippen LogP contribution in [0, 0.1) is 5.82 Å². The van der Waals surface area contributed by atoms with E-state index in [0.29, 0.717) is 12.2 Å². The van der Waals surface area contributed by atoms with Crippen LogP contribution in [0.15, 0.2) is 18.2 Å². The zero-order valence-corrected chi connectivity index (χ0v) is 11.9. The highest BCUT2D eigenvalue weighted by Crippen LogP contribution is 2.26. The molecule has 0 bridgehead atoms. The smallest absolute Gasteiger partial charge is 0.127 e. The number of aliphatic hydroxyl groups is 1. The Morgan fingerprint density at radius 2 is 2.11 bits per heavy atom. The van der Waals surface area contributed by atoms with Crippen LogP contribution in [-0.4, -0.2) is 24.4 Å². The number of benzene rings is 1. The molecule has 4 heteroatoms. The second-order valence-corrected chi connectivity index (χ2v) is 4.73. The van der Waals surface area contributed by atoms with Crippen molar-refractivity contribution in [2.75, 3.05) is 13.2 Å². The van der Waals surface area contributed by atoms with Crippen molar-refractivity contribution in [3.8, 4) is 5.75 Å². The first-order valence-corrected chi connectivity index (χ1v) is 6.92. The third-order valence-corrected chi connectivity index (χ3v) is 3.05. The molecular formula is C15H24FNO2. The normalized spacial score (nSPS) is 14.2. The van der Waals surface area contributed by atoms with Crippen molar-refractivity contribution in [3.63, 3.8) is 0 Å². The van der Waals surface area contributed by atoms with Crippen molar-refractivity contribution in [3.05, 3.63) is 29.6 Å². The summed E-state index contributed by atoms with van der Waals surface area (Å²) in [6.45, 7) is 7.08. The van der Waals surface area contributed by atoms with Gasteiger partial charge in [0, 0.05) is 17.7 Å². The van der Waals surface area contributed by atoms with E-state index in [-0.39, 0.29) is 18.5 Å². The van der Waals surface area contributed by atoms with E-state index < -0.39 is 6.10 Å². The van der Waals surface area contributed by atoms with Gasteiger partial charge in [-0.15, -0.1) is 0 Å². The molecule has 3 nitrogen and oxygen atoms in total. The van der Waals surface area contributed by atoms with Crippen molar-refractivity contribution in [2.24, 2.45) is 0 Å². The third-order valence-electron chi connectivity index (χ3n) is 3.05. The highest BCUT2D eigenvalue weighted by molar-refractivity contribution is 5.36. The summed E-state index contributed by atoms with van der Waals surface area (Å²) in [5.41, 5.74) is 0.915. The maximum Gasteiger partial charge on any atom is 0.127 e. The summed E-state index contributed by atoms with van der Waals surface area (Å²) >= 11 is 0. The predicted octanol–water partition coefficient (Wildman–Crippen LogP) is 3.04. The first kappa shape index (κ1) is 15.9. The fourth-order valence-electron chi connectivity index (χ4n) is 1.77. The molecule has 1 aromatic carbocycles. The molecule has 1 rings (SSSR count). The average molecular weight is 269 g/mol. The molecule has 0 saturated carbocycles. The average Bonchev–Trinajstić information content (AvgIpc) is 2.42. The number of halogens is 1. The molecule has 0 aliphatic rings. The van der Waals surface area contributed by atoms with E-state index in [2.05, 4.69) is 12.2 Å². The van der Waals surface area contributed by atoms with E-state index in [1.165, 1.54) is 12.1 Å². The van der Waals surface area contributed by atoms with Crippen LogP contribution in [0.5, 0.6) is 5.75 Å². The van der Waals surface area contributed by atoms with Crippen LogP contribution in [0.1, 0.15) is 45.2 Å². The van der Waals surface area contributed by atoms with Gasteiger partial charge in [-0.25, -0.2) is 4.39 Å². The van der Waals surface area contributed by atoms with Crippen molar-refractivity contribution < 1.29 is 14.2 Å².